The molecular weight excluding hydrogens is 326 g/mol. The first-order valence-corrected chi connectivity index (χ1v) is 9.57. The molecule has 6 nitrogen and oxygen atoms in total. The summed E-state index contributed by atoms with van der Waals surface area (Å²) in [4.78, 5) is 14.7. The molecule has 1 aliphatic heterocycles. The quantitative estimate of drug-likeness (QED) is 0.865. The molecule has 0 spiro atoms. The molecule has 1 aromatic carbocycles. The smallest absolute Gasteiger partial charge is 0.239 e. The first-order chi connectivity index (χ1) is 12.7. The Morgan fingerprint density at radius 3 is 2.69 bits per heavy atom. The third-order valence-electron chi connectivity index (χ3n) is 5.64. The number of nitrogens with two attached hydrogens (primary N) is 1. The van der Waals surface area contributed by atoms with E-state index in [4.69, 9.17) is 5.73 Å². The number of amides is 1. The molecule has 6 heteroatoms. The van der Waals surface area contributed by atoms with Crippen LogP contribution in [0.2, 0.25) is 0 Å². The van der Waals surface area contributed by atoms with Crippen LogP contribution in [-0.2, 0) is 4.79 Å². The van der Waals surface area contributed by atoms with Crippen LogP contribution in [-0.4, -0.2) is 46.3 Å². The summed E-state index contributed by atoms with van der Waals surface area (Å²) in [6.45, 7) is 1.93. The molecule has 3 N–H and O–H groups in total. The highest BCUT2D eigenvalue weighted by Gasteiger charge is 2.32. The van der Waals surface area contributed by atoms with Gasteiger partial charge in [0.25, 0.3) is 0 Å². The van der Waals surface area contributed by atoms with Crippen molar-refractivity contribution < 1.29 is 4.79 Å². The van der Waals surface area contributed by atoms with Crippen LogP contribution in [0.3, 0.4) is 0 Å². The van der Waals surface area contributed by atoms with E-state index in [-0.39, 0.29) is 17.9 Å². The topological polar surface area (TPSA) is 76.2 Å². The summed E-state index contributed by atoms with van der Waals surface area (Å²) >= 11 is 0. The van der Waals surface area contributed by atoms with Crippen molar-refractivity contribution in [3.63, 3.8) is 0 Å². The van der Waals surface area contributed by atoms with Gasteiger partial charge in [0, 0.05) is 31.1 Å². The summed E-state index contributed by atoms with van der Waals surface area (Å²) in [6.07, 6.45) is 6.54. The molecule has 2 aliphatic rings. The van der Waals surface area contributed by atoms with Gasteiger partial charge in [-0.2, -0.15) is 5.10 Å². The minimum Gasteiger partial charge on any atom is -0.326 e. The van der Waals surface area contributed by atoms with Crippen LogP contribution in [0.15, 0.2) is 42.6 Å². The first-order valence-electron chi connectivity index (χ1n) is 9.57. The number of anilines is 1. The lowest BCUT2D eigenvalue weighted by Crippen LogP contribution is -2.34. The van der Waals surface area contributed by atoms with E-state index in [9.17, 15) is 4.79 Å². The normalized spacial score (nSPS) is 24.2. The largest absolute Gasteiger partial charge is 0.326 e. The van der Waals surface area contributed by atoms with Crippen LogP contribution in [0.25, 0.3) is 0 Å². The van der Waals surface area contributed by atoms with Crippen LogP contribution in [0, 0.1) is 0 Å². The molecule has 0 bridgehead atoms. The van der Waals surface area contributed by atoms with Gasteiger partial charge >= 0.3 is 0 Å². The molecule has 0 unspecified atom stereocenters. The van der Waals surface area contributed by atoms with E-state index in [2.05, 4.69) is 27.4 Å². The molecular formula is C20H27N5O. The number of likely N-dealkylation sites (tertiary alicyclic amines) is 1. The number of hydrogen-bond acceptors (Lipinski definition) is 4. The van der Waals surface area contributed by atoms with Gasteiger partial charge in [-0.15, -0.1) is 0 Å². The molecule has 1 aliphatic carbocycles. The highest BCUT2D eigenvalue weighted by molar-refractivity contribution is 5.91. The van der Waals surface area contributed by atoms with E-state index >= 15 is 0 Å². The Hall–Kier alpha value is -2.18. The van der Waals surface area contributed by atoms with Crippen LogP contribution >= 0.6 is 0 Å². The number of aromatic nitrogens is 2. The van der Waals surface area contributed by atoms with E-state index < -0.39 is 0 Å². The fraction of sp³-hybridized carbons (Fsp3) is 0.500. The Labute approximate surface area is 154 Å². The Morgan fingerprint density at radius 1 is 1.15 bits per heavy atom. The van der Waals surface area contributed by atoms with Crippen LogP contribution in [0.4, 0.5) is 5.82 Å². The molecule has 1 saturated carbocycles. The standard InChI is InChI=1S/C20H27N5O/c21-18-13-24(12-17(18)15-6-2-1-3-7-15)14-20(26)23-19-10-11-22-25(19)16-8-4-5-9-16/h1-3,6-7,10-11,16-18H,4-5,8-9,12-14,21H2,(H,23,26)/t17-,18+/m0/s1. The zero-order valence-corrected chi connectivity index (χ0v) is 15.1. The molecule has 2 heterocycles. The maximum Gasteiger partial charge on any atom is 0.239 e. The van der Waals surface area contributed by atoms with Gasteiger partial charge in [0.1, 0.15) is 5.82 Å². The summed E-state index contributed by atoms with van der Waals surface area (Å²) < 4.78 is 1.98. The van der Waals surface area contributed by atoms with E-state index in [0.29, 0.717) is 12.6 Å². The third kappa shape index (κ3) is 3.66. The second kappa shape index (κ2) is 7.60. The zero-order chi connectivity index (χ0) is 17.9. The van der Waals surface area contributed by atoms with E-state index in [1.807, 2.05) is 28.9 Å². The average molecular weight is 353 g/mol. The van der Waals surface area contributed by atoms with Gasteiger partial charge in [0.2, 0.25) is 5.91 Å². The lowest BCUT2D eigenvalue weighted by atomic mass is 9.95. The molecule has 2 fully saturated rings. The number of hydrogen-bond donors (Lipinski definition) is 2. The lowest BCUT2D eigenvalue weighted by Gasteiger charge is -2.18. The van der Waals surface area contributed by atoms with Crippen molar-refractivity contribution in [1.29, 1.82) is 0 Å². The highest BCUT2D eigenvalue weighted by Crippen LogP contribution is 2.31. The zero-order valence-electron chi connectivity index (χ0n) is 15.1. The van der Waals surface area contributed by atoms with Gasteiger partial charge in [0.05, 0.1) is 18.8 Å². The van der Waals surface area contributed by atoms with Gasteiger partial charge in [-0.1, -0.05) is 43.2 Å². The minimum absolute atomic E-state index is 0.00524. The van der Waals surface area contributed by atoms with Crippen molar-refractivity contribution in [3.8, 4) is 0 Å². The summed E-state index contributed by atoms with van der Waals surface area (Å²) in [7, 11) is 0. The molecule has 1 amide bonds. The first kappa shape index (κ1) is 17.2. The van der Waals surface area contributed by atoms with Crippen molar-refractivity contribution >= 4 is 11.7 Å². The van der Waals surface area contributed by atoms with Gasteiger partial charge in [-0.05, 0) is 18.4 Å². The van der Waals surface area contributed by atoms with Gasteiger partial charge in [-0.3, -0.25) is 9.69 Å². The number of nitrogens with zero attached hydrogens (tertiary/aromatic N) is 3. The Kier molecular flexibility index (Phi) is 5.04. The van der Waals surface area contributed by atoms with Crippen molar-refractivity contribution in [1.82, 2.24) is 14.7 Å². The highest BCUT2D eigenvalue weighted by atomic mass is 16.2. The van der Waals surface area contributed by atoms with Crippen LogP contribution < -0.4 is 11.1 Å². The Balaban J connectivity index is 1.35. The van der Waals surface area contributed by atoms with Crippen molar-refractivity contribution in [3.05, 3.63) is 48.2 Å². The minimum atomic E-state index is 0.00524. The maximum absolute atomic E-state index is 12.5. The second-order valence-electron chi connectivity index (χ2n) is 7.52. The second-order valence-corrected chi connectivity index (χ2v) is 7.52. The fourth-order valence-electron chi connectivity index (χ4n) is 4.33. The van der Waals surface area contributed by atoms with E-state index in [1.165, 1.54) is 18.4 Å². The number of carbonyl (C=O) groups is 1. The SMILES string of the molecule is N[C@@H]1CN(CC(=O)Nc2ccnn2C2CCCC2)C[C@H]1c1ccccc1. The molecule has 1 aromatic heterocycles. The Morgan fingerprint density at radius 2 is 1.92 bits per heavy atom. The van der Waals surface area contributed by atoms with Crippen molar-refractivity contribution in [2.75, 3.05) is 25.0 Å². The van der Waals surface area contributed by atoms with Gasteiger partial charge in [-0.25, -0.2) is 4.68 Å². The molecule has 2 atom stereocenters. The van der Waals surface area contributed by atoms with E-state index in [1.54, 1.807) is 6.20 Å². The van der Waals surface area contributed by atoms with Gasteiger partial charge < -0.3 is 11.1 Å². The van der Waals surface area contributed by atoms with Crippen molar-refractivity contribution in [2.45, 2.75) is 43.7 Å². The number of nitrogens with one attached hydrogen (secondary N) is 1. The molecule has 0 radical (unpaired) electrons. The number of benzene rings is 1. The van der Waals surface area contributed by atoms with Crippen LogP contribution in [0.1, 0.15) is 43.2 Å². The monoisotopic (exact) mass is 353 g/mol. The molecule has 26 heavy (non-hydrogen) atoms. The predicted molar refractivity (Wildman–Crippen MR) is 102 cm³/mol. The molecule has 2 aromatic rings. The molecule has 4 rings (SSSR count). The maximum atomic E-state index is 12.5. The summed E-state index contributed by atoms with van der Waals surface area (Å²) in [5, 5.41) is 7.46. The van der Waals surface area contributed by atoms with Crippen LogP contribution in [0.5, 0.6) is 0 Å². The lowest BCUT2D eigenvalue weighted by molar-refractivity contribution is -0.117. The number of carbonyl (C=O) groups excluding carboxylic acids is 1. The van der Waals surface area contributed by atoms with E-state index in [0.717, 1.165) is 31.7 Å². The van der Waals surface area contributed by atoms with Gasteiger partial charge in [0.15, 0.2) is 0 Å². The Bertz CT molecular complexity index is 738. The summed E-state index contributed by atoms with van der Waals surface area (Å²) in [5.41, 5.74) is 7.58. The molecule has 1 saturated heterocycles. The average Bonchev–Trinajstić information content (AvgIpc) is 3.36. The molecule has 138 valence electrons. The van der Waals surface area contributed by atoms with Crippen molar-refractivity contribution in [2.24, 2.45) is 5.73 Å². The third-order valence-corrected chi connectivity index (χ3v) is 5.64. The fourth-order valence-corrected chi connectivity index (χ4v) is 4.33. The summed E-state index contributed by atoms with van der Waals surface area (Å²) in [6, 6.07) is 12.7. The summed E-state index contributed by atoms with van der Waals surface area (Å²) in [5.74, 6) is 1.10. The number of rotatable bonds is 5. The predicted octanol–water partition coefficient (Wildman–Crippen LogP) is 2.36.